The third kappa shape index (κ3) is 3.46. The number of hydrogen-bond donors (Lipinski definition) is 1. The lowest BCUT2D eigenvalue weighted by atomic mass is 10.4. The van der Waals surface area contributed by atoms with Crippen LogP contribution in [0.25, 0.3) is 0 Å². The third-order valence-corrected chi connectivity index (χ3v) is 3.18. The van der Waals surface area contributed by atoms with Crippen molar-refractivity contribution in [2.24, 2.45) is 0 Å². The highest BCUT2D eigenvalue weighted by molar-refractivity contribution is 7.15. The van der Waals surface area contributed by atoms with E-state index in [1.807, 2.05) is 12.3 Å². The Bertz CT molecular complexity index is 478. The van der Waals surface area contributed by atoms with Gasteiger partial charge in [0.2, 0.25) is 0 Å². The summed E-state index contributed by atoms with van der Waals surface area (Å²) in [6, 6.07) is 1.82. The zero-order valence-corrected chi connectivity index (χ0v) is 10.1. The molecule has 0 saturated heterocycles. The number of aryl methyl sites for hydroxylation is 1. The molecule has 0 aliphatic heterocycles. The van der Waals surface area contributed by atoms with Crippen molar-refractivity contribution in [3.8, 4) is 0 Å². The Labute approximate surface area is 105 Å². The Hall–Kier alpha value is -1.57. The molecule has 0 fully saturated rings. The second kappa shape index (κ2) is 5.38. The van der Waals surface area contributed by atoms with E-state index >= 15 is 0 Å². The van der Waals surface area contributed by atoms with Gasteiger partial charge < -0.3 is 5.32 Å². The molecule has 2 aromatic rings. The van der Waals surface area contributed by atoms with Gasteiger partial charge in [-0.15, -0.1) is 0 Å². The van der Waals surface area contributed by atoms with Crippen LogP contribution in [0, 0.1) is 0 Å². The van der Waals surface area contributed by atoms with Crippen molar-refractivity contribution in [3.05, 3.63) is 29.5 Å². The number of alkyl halides is 3. The molecule has 0 spiro atoms. The predicted octanol–water partition coefficient (Wildman–Crippen LogP) is 2.86. The molecule has 2 rings (SSSR count). The number of hydrogen-bond acceptors (Lipinski definition) is 4. The highest BCUT2D eigenvalue weighted by Crippen LogP contribution is 2.34. The lowest BCUT2D eigenvalue weighted by molar-refractivity contribution is -0.134. The fourth-order valence-corrected chi connectivity index (χ4v) is 2.07. The lowest BCUT2D eigenvalue weighted by Crippen LogP contribution is -2.06. The number of nitrogens with one attached hydrogen (secondary N) is 1. The van der Waals surface area contributed by atoms with Crippen LogP contribution in [-0.4, -0.2) is 21.3 Å². The molecule has 4 nitrogen and oxygen atoms in total. The van der Waals surface area contributed by atoms with E-state index in [0.29, 0.717) is 23.0 Å². The maximum atomic E-state index is 12.3. The second-order valence-corrected chi connectivity index (χ2v) is 4.61. The normalized spacial score (nSPS) is 11.7. The number of nitrogens with zero attached hydrogens (tertiary/aromatic N) is 3. The van der Waals surface area contributed by atoms with Gasteiger partial charge in [0.1, 0.15) is 4.88 Å². The minimum absolute atomic E-state index is 0.294. The van der Waals surface area contributed by atoms with Gasteiger partial charge in [0.15, 0.2) is 5.13 Å². The first-order valence-electron chi connectivity index (χ1n) is 5.30. The zero-order chi connectivity index (χ0) is 13.0. The van der Waals surface area contributed by atoms with Gasteiger partial charge in [-0.2, -0.15) is 18.3 Å². The summed E-state index contributed by atoms with van der Waals surface area (Å²) in [5, 5.41) is 7.18. The van der Waals surface area contributed by atoms with Gasteiger partial charge in [0, 0.05) is 25.5 Å². The number of anilines is 1. The van der Waals surface area contributed by atoms with Crippen molar-refractivity contribution in [1.29, 1.82) is 0 Å². The molecule has 98 valence electrons. The highest BCUT2D eigenvalue weighted by atomic mass is 32.1. The fraction of sp³-hybridized carbons (Fsp3) is 0.400. The van der Waals surface area contributed by atoms with E-state index in [1.54, 1.807) is 10.9 Å². The monoisotopic (exact) mass is 276 g/mol. The summed E-state index contributed by atoms with van der Waals surface area (Å²) < 4.78 is 38.7. The summed E-state index contributed by atoms with van der Waals surface area (Å²) in [5.41, 5.74) is 0. The molecule has 0 aliphatic rings. The first-order chi connectivity index (χ1) is 8.55. The Morgan fingerprint density at radius 3 is 2.83 bits per heavy atom. The molecule has 0 radical (unpaired) electrons. The van der Waals surface area contributed by atoms with Crippen molar-refractivity contribution in [1.82, 2.24) is 14.8 Å². The van der Waals surface area contributed by atoms with Crippen LogP contribution in [0.15, 0.2) is 24.7 Å². The molecule has 1 N–H and O–H groups in total. The van der Waals surface area contributed by atoms with Gasteiger partial charge in [-0.1, -0.05) is 11.3 Å². The lowest BCUT2D eigenvalue weighted by Gasteiger charge is -2.03. The molecule has 18 heavy (non-hydrogen) atoms. The molecule has 0 atom stereocenters. The predicted molar refractivity (Wildman–Crippen MR) is 62.4 cm³/mol. The minimum Gasteiger partial charge on any atom is -0.361 e. The largest absolute Gasteiger partial charge is 0.427 e. The Morgan fingerprint density at radius 2 is 2.22 bits per heavy atom. The third-order valence-electron chi connectivity index (χ3n) is 2.18. The van der Waals surface area contributed by atoms with E-state index in [1.165, 1.54) is 0 Å². The highest BCUT2D eigenvalue weighted by Gasteiger charge is 2.33. The van der Waals surface area contributed by atoms with Crippen LogP contribution < -0.4 is 5.32 Å². The van der Waals surface area contributed by atoms with Gasteiger partial charge in [-0.25, -0.2) is 4.98 Å². The van der Waals surface area contributed by atoms with Gasteiger partial charge >= 0.3 is 6.18 Å². The fourth-order valence-electron chi connectivity index (χ4n) is 1.36. The van der Waals surface area contributed by atoms with Gasteiger partial charge in [-0.3, -0.25) is 4.68 Å². The first-order valence-corrected chi connectivity index (χ1v) is 6.12. The van der Waals surface area contributed by atoms with Crippen molar-refractivity contribution in [2.45, 2.75) is 19.1 Å². The number of thiazole rings is 1. The molecule has 0 amide bonds. The SMILES string of the molecule is FC(F)(F)c1cnc(NCCCn2cccn2)s1. The smallest absolute Gasteiger partial charge is 0.361 e. The van der Waals surface area contributed by atoms with Gasteiger partial charge in [0.25, 0.3) is 0 Å². The molecule has 2 aromatic heterocycles. The number of halogens is 3. The topological polar surface area (TPSA) is 42.7 Å². The molecule has 2 heterocycles. The summed E-state index contributed by atoms with van der Waals surface area (Å²) in [4.78, 5) is 3.00. The molecule has 0 saturated carbocycles. The van der Waals surface area contributed by atoms with Crippen molar-refractivity contribution in [2.75, 3.05) is 11.9 Å². The average Bonchev–Trinajstić information content (AvgIpc) is 2.95. The summed E-state index contributed by atoms with van der Waals surface area (Å²) in [5.74, 6) is 0. The van der Waals surface area contributed by atoms with E-state index in [9.17, 15) is 13.2 Å². The summed E-state index contributed by atoms with van der Waals surface area (Å²) in [7, 11) is 0. The Balaban J connectivity index is 1.75. The van der Waals surface area contributed by atoms with Gasteiger partial charge in [-0.05, 0) is 12.5 Å². The van der Waals surface area contributed by atoms with Crippen LogP contribution in [0.3, 0.4) is 0 Å². The summed E-state index contributed by atoms with van der Waals surface area (Å²) in [6.45, 7) is 1.28. The van der Waals surface area contributed by atoms with Crippen LogP contribution >= 0.6 is 11.3 Å². The van der Waals surface area contributed by atoms with E-state index in [2.05, 4.69) is 15.4 Å². The number of rotatable bonds is 5. The number of aromatic nitrogens is 3. The molecule has 0 aliphatic carbocycles. The molecule has 0 aromatic carbocycles. The standard InChI is InChI=1S/C10H11F3N4S/c11-10(12,13)8-7-15-9(18-8)14-3-1-5-17-6-2-4-16-17/h2,4,6-7H,1,3,5H2,(H,14,15). The van der Waals surface area contributed by atoms with E-state index in [0.717, 1.165) is 19.2 Å². The second-order valence-electron chi connectivity index (χ2n) is 3.58. The quantitative estimate of drug-likeness (QED) is 0.854. The van der Waals surface area contributed by atoms with Crippen LogP contribution in [-0.2, 0) is 12.7 Å². The van der Waals surface area contributed by atoms with Crippen LogP contribution in [0.1, 0.15) is 11.3 Å². The molecule has 0 unspecified atom stereocenters. The van der Waals surface area contributed by atoms with Crippen LogP contribution in [0.5, 0.6) is 0 Å². The Morgan fingerprint density at radius 1 is 1.39 bits per heavy atom. The maximum absolute atomic E-state index is 12.3. The zero-order valence-electron chi connectivity index (χ0n) is 9.31. The van der Waals surface area contributed by atoms with Crippen LogP contribution in [0.2, 0.25) is 0 Å². The van der Waals surface area contributed by atoms with Crippen LogP contribution in [0.4, 0.5) is 18.3 Å². The average molecular weight is 276 g/mol. The summed E-state index contributed by atoms with van der Waals surface area (Å²) in [6.07, 6.45) is 0.824. The van der Waals surface area contributed by atoms with Crippen molar-refractivity contribution in [3.63, 3.8) is 0 Å². The van der Waals surface area contributed by atoms with Crippen molar-refractivity contribution < 1.29 is 13.2 Å². The summed E-state index contributed by atoms with van der Waals surface area (Å²) >= 11 is 0.618. The maximum Gasteiger partial charge on any atom is 0.427 e. The van der Waals surface area contributed by atoms with Gasteiger partial charge in [0.05, 0.1) is 6.20 Å². The first kappa shape index (κ1) is 12.9. The molecule has 8 heteroatoms. The van der Waals surface area contributed by atoms with E-state index in [-0.39, 0.29) is 0 Å². The molecular formula is C10H11F3N4S. The Kier molecular flexibility index (Phi) is 3.85. The van der Waals surface area contributed by atoms with E-state index < -0.39 is 11.1 Å². The van der Waals surface area contributed by atoms with Crippen molar-refractivity contribution >= 4 is 16.5 Å². The molecule has 0 bridgehead atoms. The van der Waals surface area contributed by atoms with E-state index in [4.69, 9.17) is 0 Å². The minimum atomic E-state index is -4.31. The molecular weight excluding hydrogens is 265 g/mol.